The monoisotopic (exact) mass is 408 g/mol. The van der Waals surface area contributed by atoms with Crippen LogP contribution in [0.2, 0.25) is 0 Å². The van der Waals surface area contributed by atoms with E-state index < -0.39 is 0 Å². The lowest BCUT2D eigenvalue weighted by atomic mass is 10.0. The van der Waals surface area contributed by atoms with Crippen LogP contribution in [0.1, 0.15) is 35.1 Å². The van der Waals surface area contributed by atoms with Gasteiger partial charge in [0, 0.05) is 25.1 Å². The molecule has 0 aliphatic heterocycles. The standard InChI is InChI=1S/C23H28N4OS/c1-16-6-4-7-20(15-16)22-25-26-23(29)27(22)13-11-21(28)24-12-5-8-19-10-9-17(2)14-18(19)3/h4,6-7,9-10,14-15H,5,8,11-13H2,1-3H3,(H,24,28)(H,26,29). The predicted octanol–water partition coefficient (Wildman–Crippen LogP) is 4.67. The zero-order chi connectivity index (χ0) is 20.8. The van der Waals surface area contributed by atoms with E-state index in [-0.39, 0.29) is 5.91 Å². The normalized spacial score (nSPS) is 10.9. The minimum atomic E-state index is 0.0314. The number of benzene rings is 2. The number of nitrogens with one attached hydrogen (secondary N) is 2. The fourth-order valence-electron chi connectivity index (χ4n) is 3.46. The van der Waals surface area contributed by atoms with E-state index in [4.69, 9.17) is 12.2 Å². The fraction of sp³-hybridized carbons (Fsp3) is 0.348. The van der Waals surface area contributed by atoms with Gasteiger partial charge in [-0.3, -0.25) is 14.5 Å². The Kier molecular flexibility index (Phi) is 6.99. The summed E-state index contributed by atoms with van der Waals surface area (Å²) in [6, 6.07) is 14.6. The summed E-state index contributed by atoms with van der Waals surface area (Å²) in [6.45, 7) is 7.46. The highest BCUT2D eigenvalue weighted by Gasteiger charge is 2.11. The third kappa shape index (κ3) is 5.64. The van der Waals surface area contributed by atoms with Crippen molar-refractivity contribution in [2.45, 2.75) is 46.6 Å². The average molecular weight is 409 g/mol. The SMILES string of the molecule is Cc1cccc(-c2n[nH]c(=S)n2CCC(=O)NCCCc2ccc(C)cc2C)c1. The van der Waals surface area contributed by atoms with Crippen LogP contribution in [-0.4, -0.2) is 27.2 Å². The molecule has 0 atom stereocenters. The van der Waals surface area contributed by atoms with Crippen molar-refractivity contribution in [3.05, 3.63) is 69.5 Å². The second kappa shape index (κ2) is 9.65. The van der Waals surface area contributed by atoms with Crippen LogP contribution in [0.5, 0.6) is 0 Å². The van der Waals surface area contributed by atoms with Crippen LogP contribution < -0.4 is 5.32 Å². The van der Waals surface area contributed by atoms with E-state index in [9.17, 15) is 4.79 Å². The highest BCUT2D eigenvalue weighted by Crippen LogP contribution is 2.19. The van der Waals surface area contributed by atoms with Gasteiger partial charge in [-0.25, -0.2) is 0 Å². The first-order valence-corrected chi connectivity index (χ1v) is 10.4. The van der Waals surface area contributed by atoms with E-state index >= 15 is 0 Å². The van der Waals surface area contributed by atoms with Gasteiger partial charge in [0.2, 0.25) is 5.91 Å². The Hall–Kier alpha value is -2.73. The number of hydrogen-bond acceptors (Lipinski definition) is 3. The number of aryl methyl sites for hydroxylation is 4. The van der Waals surface area contributed by atoms with Gasteiger partial charge < -0.3 is 5.32 Å². The Morgan fingerprint density at radius 3 is 2.69 bits per heavy atom. The molecule has 0 fully saturated rings. The minimum absolute atomic E-state index is 0.0314. The maximum atomic E-state index is 12.3. The van der Waals surface area contributed by atoms with Crippen molar-refractivity contribution in [3.63, 3.8) is 0 Å². The summed E-state index contributed by atoms with van der Waals surface area (Å²) in [6.07, 6.45) is 2.27. The number of carbonyl (C=O) groups excluding carboxylic acids is 1. The summed E-state index contributed by atoms with van der Waals surface area (Å²) in [4.78, 5) is 12.3. The second-order valence-corrected chi connectivity index (χ2v) is 7.89. The molecule has 29 heavy (non-hydrogen) atoms. The van der Waals surface area contributed by atoms with E-state index in [1.807, 2.05) is 29.7 Å². The van der Waals surface area contributed by atoms with Crippen LogP contribution in [0.15, 0.2) is 42.5 Å². The number of H-pyrrole nitrogens is 1. The Balaban J connectivity index is 1.50. The summed E-state index contributed by atoms with van der Waals surface area (Å²) in [5.41, 5.74) is 6.09. The molecule has 3 aromatic rings. The molecule has 3 rings (SSSR count). The number of nitrogens with zero attached hydrogens (tertiary/aromatic N) is 2. The molecule has 0 aliphatic rings. The first kappa shape index (κ1) is 21.0. The molecule has 0 saturated carbocycles. The molecule has 0 spiro atoms. The highest BCUT2D eigenvalue weighted by molar-refractivity contribution is 7.71. The second-order valence-electron chi connectivity index (χ2n) is 7.51. The minimum Gasteiger partial charge on any atom is -0.356 e. The molecular weight excluding hydrogens is 380 g/mol. The van der Waals surface area contributed by atoms with Crippen molar-refractivity contribution in [2.24, 2.45) is 0 Å². The quantitative estimate of drug-likeness (QED) is 0.420. The summed E-state index contributed by atoms with van der Waals surface area (Å²) in [5.74, 6) is 0.797. The van der Waals surface area contributed by atoms with E-state index in [1.165, 1.54) is 16.7 Å². The summed E-state index contributed by atoms with van der Waals surface area (Å²) < 4.78 is 2.42. The van der Waals surface area contributed by atoms with Crippen molar-refractivity contribution < 1.29 is 4.79 Å². The van der Waals surface area contributed by atoms with Crippen molar-refractivity contribution in [3.8, 4) is 11.4 Å². The van der Waals surface area contributed by atoms with Crippen LogP contribution >= 0.6 is 12.2 Å². The van der Waals surface area contributed by atoms with Gasteiger partial charge in [-0.05, 0) is 63.0 Å². The molecule has 1 amide bonds. The van der Waals surface area contributed by atoms with Crippen molar-refractivity contribution in [2.75, 3.05) is 6.54 Å². The van der Waals surface area contributed by atoms with Gasteiger partial charge in [0.05, 0.1) is 0 Å². The molecular formula is C23H28N4OS. The number of rotatable bonds is 8. The van der Waals surface area contributed by atoms with Gasteiger partial charge in [-0.1, -0.05) is 47.5 Å². The van der Waals surface area contributed by atoms with Crippen molar-refractivity contribution in [1.29, 1.82) is 0 Å². The predicted molar refractivity (Wildman–Crippen MR) is 119 cm³/mol. The molecule has 0 radical (unpaired) electrons. The zero-order valence-corrected chi connectivity index (χ0v) is 18.1. The van der Waals surface area contributed by atoms with E-state index in [1.54, 1.807) is 0 Å². The summed E-state index contributed by atoms with van der Waals surface area (Å²) >= 11 is 5.35. The van der Waals surface area contributed by atoms with Crippen LogP contribution in [-0.2, 0) is 17.8 Å². The number of aromatic amines is 1. The van der Waals surface area contributed by atoms with Gasteiger partial charge in [0.25, 0.3) is 0 Å². The van der Waals surface area contributed by atoms with E-state index in [0.717, 1.165) is 29.8 Å². The van der Waals surface area contributed by atoms with Crippen LogP contribution in [0.25, 0.3) is 11.4 Å². The first-order valence-electron chi connectivity index (χ1n) is 9.99. The molecule has 0 saturated heterocycles. The maximum absolute atomic E-state index is 12.3. The van der Waals surface area contributed by atoms with Crippen molar-refractivity contribution in [1.82, 2.24) is 20.1 Å². The van der Waals surface area contributed by atoms with Gasteiger partial charge in [-0.15, -0.1) is 0 Å². The molecule has 0 bridgehead atoms. The van der Waals surface area contributed by atoms with Crippen LogP contribution in [0, 0.1) is 25.5 Å². The molecule has 0 unspecified atom stereocenters. The average Bonchev–Trinajstić information content (AvgIpc) is 3.05. The molecule has 6 heteroatoms. The largest absolute Gasteiger partial charge is 0.356 e. The highest BCUT2D eigenvalue weighted by atomic mass is 32.1. The summed E-state index contributed by atoms with van der Waals surface area (Å²) in [7, 11) is 0. The molecule has 2 N–H and O–H groups in total. The molecule has 2 aromatic carbocycles. The van der Waals surface area contributed by atoms with Crippen LogP contribution in [0.4, 0.5) is 0 Å². The Morgan fingerprint density at radius 2 is 1.93 bits per heavy atom. The van der Waals surface area contributed by atoms with Gasteiger partial charge in [-0.2, -0.15) is 5.10 Å². The molecule has 1 heterocycles. The lowest BCUT2D eigenvalue weighted by Gasteiger charge is -2.09. The van der Waals surface area contributed by atoms with E-state index in [0.29, 0.717) is 24.3 Å². The first-order chi connectivity index (χ1) is 13.9. The molecule has 1 aromatic heterocycles. The lowest BCUT2D eigenvalue weighted by molar-refractivity contribution is -0.121. The maximum Gasteiger partial charge on any atom is 0.221 e. The van der Waals surface area contributed by atoms with Gasteiger partial charge in [0.1, 0.15) is 0 Å². The van der Waals surface area contributed by atoms with Gasteiger partial charge >= 0.3 is 0 Å². The lowest BCUT2D eigenvalue weighted by Crippen LogP contribution is -2.26. The summed E-state index contributed by atoms with van der Waals surface area (Å²) in [5, 5.41) is 10.2. The Bertz CT molecular complexity index is 1050. The molecule has 0 aliphatic carbocycles. The number of carbonyl (C=O) groups is 1. The third-order valence-electron chi connectivity index (χ3n) is 5.04. The Labute approximate surface area is 177 Å². The van der Waals surface area contributed by atoms with Crippen molar-refractivity contribution >= 4 is 18.1 Å². The number of aromatic nitrogens is 3. The van der Waals surface area contributed by atoms with Crippen LogP contribution in [0.3, 0.4) is 0 Å². The Morgan fingerprint density at radius 1 is 1.14 bits per heavy atom. The van der Waals surface area contributed by atoms with E-state index in [2.05, 4.69) is 53.6 Å². The fourth-order valence-corrected chi connectivity index (χ4v) is 3.69. The molecule has 152 valence electrons. The molecule has 5 nitrogen and oxygen atoms in total. The zero-order valence-electron chi connectivity index (χ0n) is 17.3. The van der Waals surface area contributed by atoms with Gasteiger partial charge in [0.15, 0.2) is 10.6 Å². The topological polar surface area (TPSA) is 62.7 Å². The smallest absolute Gasteiger partial charge is 0.221 e. The third-order valence-corrected chi connectivity index (χ3v) is 5.35. The number of amides is 1. The number of hydrogen-bond donors (Lipinski definition) is 2.